The van der Waals surface area contributed by atoms with Gasteiger partial charge in [-0.25, -0.2) is 0 Å². The first-order chi connectivity index (χ1) is 5.99. The van der Waals surface area contributed by atoms with Gasteiger partial charge in [0.25, 0.3) is 0 Å². The van der Waals surface area contributed by atoms with E-state index in [1.54, 1.807) is 14.2 Å². The van der Waals surface area contributed by atoms with E-state index in [9.17, 15) is 0 Å². The van der Waals surface area contributed by atoms with E-state index in [0.29, 0.717) is 0 Å². The summed E-state index contributed by atoms with van der Waals surface area (Å²) in [6.45, 7) is 0. The van der Waals surface area contributed by atoms with Gasteiger partial charge in [0.05, 0.1) is 0 Å². The van der Waals surface area contributed by atoms with E-state index >= 15 is 0 Å². The standard InChI is InChI=1S/C6H17N2O2PS2/c1-8(2)6(13-5)7-11(12,9-3)10-4/h11-12H,1-5H3. The molecule has 4 nitrogen and oxygen atoms in total. The molecule has 7 heteroatoms. The summed E-state index contributed by atoms with van der Waals surface area (Å²) in [5.41, 5.74) is 0. The zero-order chi connectivity index (χ0) is 10.5. The van der Waals surface area contributed by atoms with E-state index in [-0.39, 0.29) is 0 Å². The number of rotatable bonds is 3. The Labute approximate surface area is 89.8 Å². The van der Waals surface area contributed by atoms with E-state index in [4.69, 9.17) is 9.05 Å². The third-order valence-corrected chi connectivity index (χ3v) is 5.27. The van der Waals surface area contributed by atoms with Gasteiger partial charge in [0.1, 0.15) is 0 Å². The number of nitrogens with zero attached hydrogens (tertiary/aromatic N) is 2. The molecule has 0 bridgehead atoms. The average molecular weight is 244 g/mol. The van der Waals surface area contributed by atoms with E-state index in [0.717, 1.165) is 5.17 Å². The van der Waals surface area contributed by atoms with Crippen molar-refractivity contribution in [3.05, 3.63) is 0 Å². The van der Waals surface area contributed by atoms with Gasteiger partial charge in [-0.15, -0.1) is 0 Å². The third-order valence-electron chi connectivity index (χ3n) is 1.33. The fourth-order valence-corrected chi connectivity index (χ4v) is 2.99. The van der Waals surface area contributed by atoms with Crippen LogP contribution in [0.15, 0.2) is 4.76 Å². The molecule has 0 radical (unpaired) electrons. The molecule has 80 valence electrons. The average Bonchev–Trinajstić information content (AvgIpc) is 2.13. The maximum absolute atomic E-state index is 5.12. The molecule has 0 unspecified atom stereocenters. The van der Waals surface area contributed by atoms with Crippen LogP contribution in [-0.4, -0.2) is 44.6 Å². The number of thioether (sulfide) groups is 1. The Morgan fingerprint density at radius 3 is 2.08 bits per heavy atom. The van der Waals surface area contributed by atoms with E-state index in [1.165, 1.54) is 11.8 Å². The van der Waals surface area contributed by atoms with Crippen LogP contribution >= 0.6 is 31.1 Å². The van der Waals surface area contributed by atoms with Gasteiger partial charge >= 0.3 is 89.5 Å². The van der Waals surface area contributed by atoms with E-state index in [1.807, 2.05) is 25.3 Å². The molecule has 0 aliphatic carbocycles. The van der Waals surface area contributed by atoms with Gasteiger partial charge in [0, 0.05) is 0 Å². The van der Waals surface area contributed by atoms with Crippen LogP contribution in [0.4, 0.5) is 0 Å². The van der Waals surface area contributed by atoms with Crippen molar-refractivity contribution in [2.75, 3.05) is 34.6 Å². The van der Waals surface area contributed by atoms with Crippen LogP contribution < -0.4 is 0 Å². The molecule has 0 aromatic carbocycles. The van der Waals surface area contributed by atoms with Crippen molar-refractivity contribution in [2.24, 2.45) is 4.76 Å². The molecule has 0 atom stereocenters. The summed E-state index contributed by atoms with van der Waals surface area (Å²) < 4.78 is 14.6. The summed E-state index contributed by atoms with van der Waals surface area (Å²) in [7, 11) is 4.33. The summed E-state index contributed by atoms with van der Waals surface area (Å²) in [5.74, 6) is 0. The van der Waals surface area contributed by atoms with Gasteiger partial charge in [-0.1, -0.05) is 0 Å². The fourth-order valence-electron chi connectivity index (χ4n) is 0.624. The fraction of sp³-hybridized carbons (Fsp3) is 0.833. The van der Waals surface area contributed by atoms with Crippen molar-refractivity contribution in [3.63, 3.8) is 0 Å². The second-order valence-corrected chi connectivity index (χ2v) is 7.06. The van der Waals surface area contributed by atoms with Crippen LogP contribution in [0.1, 0.15) is 0 Å². The zero-order valence-corrected chi connectivity index (χ0v) is 11.3. The normalized spacial score (nSPS) is 14.5. The van der Waals surface area contributed by atoms with Gasteiger partial charge < -0.3 is 0 Å². The second kappa shape index (κ2) is 6.09. The first kappa shape index (κ1) is 13.5. The Kier molecular flexibility index (Phi) is 6.33. The molecule has 0 saturated carbocycles. The molecule has 0 spiro atoms. The van der Waals surface area contributed by atoms with Gasteiger partial charge in [0.15, 0.2) is 0 Å². The summed E-state index contributed by atoms with van der Waals surface area (Å²) in [4.78, 5) is 1.90. The van der Waals surface area contributed by atoms with Crippen molar-refractivity contribution in [1.29, 1.82) is 0 Å². The van der Waals surface area contributed by atoms with E-state index in [2.05, 4.69) is 17.0 Å². The zero-order valence-electron chi connectivity index (χ0n) is 8.57. The van der Waals surface area contributed by atoms with Gasteiger partial charge in [-0.3, -0.25) is 0 Å². The number of hydrogen-bond donors (Lipinski definition) is 1. The summed E-state index contributed by atoms with van der Waals surface area (Å²) >= 11 is 5.81. The summed E-state index contributed by atoms with van der Waals surface area (Å²) in [5, 5.41) is 0.852. The number of thiol groups is 1. The number of amidine groups is 1. The molecule has 0 fully saturated rings. The van der Waals surface area contributed by atoms with Gasteiger partial charge in [-0.05, 0) is 0 Å². The molecule has 0 rings (SSSR count). The topological polar surface area (TPSA) is 34.1 Å². The molecule has 0 aromatic heterocycles. The van der Waals surface area contributed by atoms with Crippen LogP contribution in [0.2, 0.25) is 0 Å². The van der Waals surface area contributed by atoms with E-state index < -0.39 is 7.07 Å². The Bertz CT molecular complexity index is 185. The molecule has 0 aliphatic heterocycles. The van der Waals surface area contributed by atoms with Crippen molar-refractivity contribution in [3.8, 4) is 0 Å². The van der Waals surface area contributed by atoms with Crippen molar-refractivity contribution >= 4 is 36.2 Å². The van der Waals surface area contributed by atoms with Crippen LogP contribution in [0.3, 0.4) is 0 Å². The Balaban J connectivity index is 4.64. The SMILES string of the molecule is CO[PH](S)(N=C(SC)N(C)C)OC. The van der Waals surface area contributed by atoms with Crippen LogP contribution in [-0.2, 0) is 9.05 Å². The summed E-state index contributed by atoms with van der Waals surface area (Å²) in [6, 6.07) is 0. The minimum absolute atomic E-state index is 0.852. The molecule has 0 aliphatic rings. The Hall–Kier alpha value is 0.520. The Morgan fingerprint density at radius 2 is 1.85 bits per heavy atom. The van der Waals surface area contributed by atoms with Crippen molar-refractivity contribution in [2.45, 2.75) is 0 Å². The van der Waals surface area contributed by atoms with Crippen molar-refractivity contribution < 1.29 is 9.05 Å². The predicted molar refractivity (Wildman–Crippen MR) is 66.0 cm³/mol. The van der Waals surface area contributed by atoms with Gasteiger partial charge in [-0.2, -0.15) is 0 Å². The van der Waals surface area contributed by atoms with Crippen LogP contribution in [0.25, 0.3) is 0 Å². The molecule has 0 aromatic rings. The molecule has 13 heavy (non-hydrogen) atoms. The maximum atomic E-state index is 5.12. The monoisotopic (exact) mass is 244 g/mol. The minimum atomic E-state index is -2.62. The first-order valence-corrected chi connectivity index (χ1v) is 7.90. The van der Waals surface area contributed by atoms with Crippen LogP contribution in [0.5, 0.6) is 0 Å². The molecular formula is C6H17N2O2PS2. The molecule has 0 N–H and O–H groups in total. The van der Waals surface area contributed by atoms with Crippen LogP contribution in [0, 0.1) is 0 Å². The Morgan fingerprint density at radius 1 is 1.38 bits per heavy atom. The second-order valence-electron chi connectivity index (χ2n) is 2.45. The molecule has 0 heterocycles. The number of hydrogen-bond acceptors (Lipinski definition) is 5. The quantitative estimate of drug-likeness (QED) is 0.356. The predicted octanol–water partition coefficient (Wildman–Crippen LogP) is 1.90. The molecule has 0 saturated heterocycles. The van der Waals surface area contributed by atoms with Gasteiger partial charge in [0.2, 0.25) is 0 Å². The molecule has 0 amide bonds. The summed E-state index contributed by atoms with van der Waals surface area (Å²) in [6.07, 6.45) is 1.95. The van der Waals surface area contributed by atoms with Crippen molar-refractivity contribution in [1.82, 2.24) is 4.90 Å². The first-order valence-electron chi connectivity index (χ1n) is 3.63. The third kappa shape index (κ3) is 4.51. The molecular weight excluding hydrogens is 227 g/mol.